The summed E-state index contributed by atoms with van der Waals surface area (Å²) in [6.07, 6.45) is 0.302. The van der Waals surface area contributed by atoms with E-state index in [1.165, 1.54) is 4.90 Å². The number of rotatable bonds is 3. The molecule has 1 saturated heterocycles. The summed E-state index contributed by atoms with van der Waals surface area (Å²) in [6, 6.07) is -1.25. The second-order valence-corrected chi connectivity index (χ2v) is 3.22. The van der Waals surface area contributed by atoms with E-state index in [2.05, 4.69) is 0 Å². The van der Waals surface area contributed by atoms with Crippen molar-refractivity contribution in [3.63, 3.8) is 0 Å². The van der Waals surface area contributed by atoms with E-state index in [1.54, 1.807) is 0 Å². The van der Waals surface area contributed by atoms with Crippen LogP contribution in [-0.4, -0.2) is 42.1 Å². The zero-order valence-corrected chi connectivity index (χ0v) is 8.10. The normalized spacial score (nSPS) is 26.5. The SMILES string of the molecule is CCO[C@@H]1C[C@@H](C(N)=O)N(C(N)=O)C1. The lowest BCUT2D eigenvalue weighted by atomic mass is 10.2. The van der Waals surface area contributed by atoms with Crippen LogP contribution in [0.4, 0.5) is 4.79 Å². The summed E-state index contributed by atoms with van der Waals surface area (Å²) >= 11 is 0. The molecule has 0 bridgehead atoms. The van der Waals surface area contributed by atoms with Crippen LogP contribution >= 0.6 is 0 Å². The smallest absolute Gasteiger partial charge is 0.315 e. The number of hydrogen-bond donors (Lipinski definition) is 2. The van der Waals surface area contributed by atoms with Gasteiger partial charge < -0.3 is 21.1 Å². The topological polar surface area (TPSA) is 98.7 Å². The number of ether oxygens (including phenoxy) is 1. The lowest BCUT2D eigenvalue weighted by Crippen LogP contribution is -2.46. The zero-order chi connectivity index (χ0) is 10.7. The van der Waals surface area contributed by atoms with E-state index in [0.29, 0.717) is 19.6 Å². The van der Waals surface area contributed by atoms with E-state index in [1.807, 2.05) is 6.92 Å². The summed E-state index contributed by atoms with van der Waals surface area (Å²) in [5.41, 5.74) is 10.2. The Kier molecular flexibility index (Phi) is 3.29. The predicted octanol–water partition coefficient (Wildman–Crippen LogP) is -0.970. The average molecular weight is 201 g/mol. The van der Waals surface area contributed by atoms with Gasteiger partial charge in [-0.3, -0.25) is 4.79 Å². The zero-order valence-electron chi connectivity index (χ0n) is 8.10. The quantitative estimate of drug-likeness (QED) is 0.614. The Morgan fingerprint density at radius 3 is 2.50 bits per heavy atom. The molecule has 0 aromatic heterocycles. The molecule has 0 aromatic carbocycles. The van der Waals surface area contributed by atoms with Crippen LogP contribution in [0, 0.1) is 0 Å². The first kappa shape index (κ1) is 10.8. The van der Waals surface area contributed by atoms with Gasteiger partial charge in [0.1, 0.15) is 6.04 Å². The molecule has 3 amide bonds. The third-order valence-electron chi connectivity index (χ3n) is 2.28. The van der Waals surface area contributed by atoms with Crippen molar-refractivity contribution in [2.75, 3.05) is 13.2 Å². The fourth-order valence-corrected chi connectivity index (χ4v) is 1.67. The highest BCUT2D eigenvalue weighted by molar-refractivity contribution is 5.86. The third kappa shape index (κ3) is 2.14. The highest BCUT2D eigenvalue weighted by Crippen LogP contribution is 2.19. The summed E-state index contributed by atoms with van der Waals surface area (Å²) in [4.78, 5) is 23.2. The maximum atomic E-state index is 11.0. The number of nitrogens with zero attached hydrogens (tertiary/aromatic N) is 1. The summed E-state index contributed by atoms with van der Waals surface area (Å²) < 4.78 is 5.31. The Balaban J connectivity index is 2.65. The molecule has 1 rings (SSSR count). The maximum Gasteiger partial charge on any atom is 0.315 e. The molecule has 1 aliphatic rings. The molecule has 6 nitrogen and oxygen atoms in total. The van der Waals surface area contributed by atoms with Gasteiger partial charge in [-0.15, -0.1) is 0 Å². The monoisotopic (exact) mass is 201 g/mol. The molecular formula is C8H15N3O3. The van der Waals surface area contributed by atoms with Gasteiger partial charge in [0.15, 0.2) is 0 Å². The minimum atomic E-state index is -0.629. The van der Waals surface area contributed by atoms with Crippen molar-refractivity contribution in [3.8, 4) is 0 Å². The molecule has 6 heteroatoms. The lowest BCUT2D eigenvalue weighted by molar-refractivity contribution is -0.121. The van der Waals surface area contributed by atoms with Crippen LogP contribution in [0.25, 0.3) is 0 Å². The van der Waals surface area contributed by atoms with E-state index < -0.39 is 18.0 Å². The Bertz CT molecular complexity index is 222. The van der Waals surface area contributed by atoms with Crippen LogP contribution in [0.2, 0.25) is 0 Å². The summed E-state index contributed by atoms with van der Waals surface area (Å²) in [7, 11) is 0. The second-order valence-electron chi connectivity index (χ2n) is 3.22. The first-order valence-electron chi connectivity index (χ1n) is 4.53. The van der Waals surface area contributed by atoms with Crippen molar-refractivity contribution in [1.29, 1.82) is 0 Å². The summed E-state index contributed by atoms with van der Waals surface area (Å²) in [6.45, 7) is 2.74. The van der Waals surface area contributed by atoms with Gasteiger partial charge >= 0.3 is 6.03 Å². The van der Waals surface area contributed by atoms with Crippen molar-refractivity contribution in [3.05, 3.63) is 0 Å². The van der Waals surface area contributed by atoms with Crippen molar-refractivity contribution in [1.82, 2.24) is 4.90 Å². The van der Waals surface area contributed by atoms with Crippen LogP contribution in [0.5, 0.6) is 0 Å². The van der Waals surface area contributed by atoms with E-state index in [-0.39, 0.29) is 6.10 Å². The number of likely N-dealkylation sites (tertiary alicyclic amines) is 1. The van der Waals surface area contributed by atoms with E-state index in [4.69, 9.17) is 16.2 Å². The van der Waals surface area contributed by atoms with Crippen molar-refractivity contribution in [2.24, 2.45) is 11.5 Å². The molecule has 0 aliphatic carbocycles. The molecule has 1 aliphatic heterocycles. The number of nitrogens with two attached hydrogens (primary N) is 2. The van der Waals surface area contributed by atoms with Gasteiger partial charge in [-0.25, -0.2) is 4.79 Å². The largest absolute Gasteiger partial charge is 0.377 e. The fourth-order valence-electron chi connectivity index (χ4n) is 1.67. The molecule has 4 N–H and O–H groups in total. The van der Waals surface area contributed by atoms with Crippen LogP contribution in [-0.2, 0) is 9.53 Å². The van der Waals surface area contributed by atoms with Gasteiger partial charge in [0.05, 0.1) is 6.10 Å². The minimum Gasteiger partial charge on any atom is -0.377 e. The maximum absolute atomic E-state index is 11.0. The van der Waals surface area contributed by atoms with Crippen molar-refractivity contribution >= 4 is 11.9 Å². The molecule has 80 valence electrons. The van der Waals surface area contributed by atoms with Crippen molar-refractivity contribution < 1.29 is 14.3 Å². The molecule has 0 aromatic rings. The minimum absolute atomic E-state index is 0.134. The molecule has 1 heterocycles. The third-order valence-corrected chi connectivity index (χ3v) is 2.28. The van der Waals surface area contributed by atoms with Gasteiger partial charge in [-0.2, -0.15) is 0 Å². The number of amides is 3. The molecule has 0 spiro atoms. The molecule has 2 atom stereocenters. The Hall–Kier alpha value is -1.30. The van der Waals surface area contributed by atoms with Crippen LogP contribution < -0.4 is 11.5 Å². The lowest BCUT2D eigenvalue weighted by Gasteiger charge is -2.18. The summed E-state index contributed by atoms with van der Waals surface area (Å²) in [5.74, 6) is -0.536. The predicted molar refractivity (Wildman–Crippen MR) is 49.3 cm³/mol. The van der Waals surface area contributed by atoms with Crippen LogP contribution in [0.3, 0.4) is 0 Å². The van der Waals surface area contributed by atoms with Crippen LogP contribution in [0.1, 0.15) is 13.3 Å². The number of primary amides is 2. The van der Waals surface area contributed by atoms with E-state index in [9.17, 15) is 9.59 Å². The van der Waals surface area contributed by atoms with Crippen LogP contribution in [0.15, 0.2) is 0 Å². The van der Waals surface area contributed by atoms with Gasteiger partial charge in [0.25, 0.3) is 0 Å². The average Bonchev–Trinajstić information content (AvgIpc) is 2.49. The number of urea groups is 1. The van der Waals surface area contributed by atoms with Gasteiger partial charge in [0, 0.05) is 19.6 Å². The fraction of sp³-hybridized carbons (Fsp3) is 0.750. The molecule has 0 radical (unpaired) electrons. The standard InChI is InChI=1S/C8H15N3O3/c1-2-14-5-3-6(7(9)12)11(4-5)8(10)13/h5-6H,2-4H2,1H3,(H2,9,12)(H2,10,13)/t5-,6+/m1/s1. The first-order chi connectivity index (χ1) is 6.56. The van der Waals surface area contributed by atoms with E-state index >= 15 is 0 Å². The van der Waals surface area contributed by atoms with Gasteiger partial charge in [-0.05, 0) is 6.92 Å². The van der Waals surface area contributed by atoms with Crippen molar-refractivity contribution in [2.45, 2.75) is 25.5 Å². The summed E-state index contributed by atoms with van der Waals surface area (Å²) in [5, 5.41) is 0. The number of carbonyl (C=O) groups excluding carboxylic acids is 2. The highest BCUT2D eigenvalue weighted by atomic mass is 16.5. The molecular weight excluding hydrogens is 186 g/mol. The molecule has 0 unspecified atom stereocenters. The Morgan fingerprint density at radius 2 is 2.14 bits per heavy atom. The van der Waals surface area contributed by atoms with Gasteiger partial charge in [-0.1, -0.05) is 0 Å². The second kappa shape index (κ2) is 4.28. The van der Waals surface area contributed by atoms with E-state index in [0.717, 1.165) is 0 Å². The number of hydrogen-bond acceptors (Lipinski definition) is 3. The molecule has 0 saturated carbocycles. The van der Waals surface area contributed by atoms with Gasteiger partial charge in [0.2, 0.25) is 5.91 Å². The Morgan fingerprint density at radius 1 is 1.50 bits per heavy atom. The molecule has 14 heavy (non-hydrogen) atoms. The Labute approximate surface area is 82.2 Å². The first-order valence-corrected chi connectivity index (χ1v) is 4.53. The highest BCUT2D eigenvalue weighted by Gasteiger charge is 2.37. The molecule has 1 fully saturated rings. The number of carbonyl (C=O) groups is 2.